The van der Waals surface area contributed by atoms with Gasteiger partial charge in [0.15, 0.2) is 0 Å². The van der Waals surface area contributed by atoms with Gasteiger partial charge in [0.1, 0.15) is 12.4 Å². The van der Waals surface area contributed by atoms with E-state index in [1.54, 1.807) is 11.0 Å². The molecular formula is C12H14N2O4S. The molecular weight excluding hydrogens is 268 g/mol. The third-order valence-corrected chi connectivity index (χ3v) is 4.23. The van der Waals surface area contributed by atoms with Gasteiger partial charge in [-0.15, -0.1) is 0 Å². The summed E-state index contributed by atoms with van der Waals surface area (Å²) in [5.74, 6) is 0.632. The lowest BCUT2D eigenvalue weighted by Crippen LogP contribution is -2.39. The van der Waals surface area contributed by atoms with Crippen LogP contribution >= 0.6 is 0 Å². The minimum atomic E-state index is -3.78. The first-order valence-corrected chi connectivity index (χ1v) is 7.62. The molecule has 0 bridgehead atoms. The molecule has 3 rings (SSSR count). The molecule has 1 saturated carbocycles. The molecule has 0 radical (unpaired) electrons. The second-order valence-electron chi connectivity index (χ2n) is 4.79. The maximum Gasteiger partial charge on any atom is 0.238 e. The average Bonchev–Trinajstić information content (AvgIpc) is 3.19. The maximum absolute atomic E-state index is 12.2. The van der Waals surface area contributed by atoms with Crippen LogP contribution in [-0.2, 0) is 14.8 Å². The largest absolute Gasteiger partial charge is 0.490 e. The minimum absolute atomic E-state index is 0.00894. The lowest BCUT2D eigenvalue weighted by atomic mass is 10.2. The zero-order chi connectivity index (χ0) is 13.6. The van der Waals surface area contributed by atoms with Crippen molar-refractivity contribution in [2.45, 2.75) is 17.7 Å². The van der Waals surface area contributed by atoms with Gasteiger partial charge in [-0.3, -0.25) is 4.79 Å². The molecule has 6 nitrogen and oxygen atoms in total. The summed E-state index contributed by atoms with van der Waals surface area (Å²) in [5, 5.41) is 5.11. The normalized spacial score (nSPS) is 18.7. The van der Waals surface area contributed by atoms with Gasteiger partial charge in [0.05, 0.1) is 17.1 Å². The van der Waals surface area contributed by atoms with Gasteiger partial charge in [0, 0.05) is 5.92 Å². The number of nitrogens with zero attached hydrogens (tertiary/aromatic N) is 1. The Kier molecular flexibility index (Phi) is 2.75. The number of primary sulfonamides is 1. The fraction of sp³-hybridized carbons (Fsp3) is 0.417. The molecule has 0 spiro atoms. The predicted molar refractivity (Wildman–Crippen MR) is 68.4 cm³/mol. The molecule has 2 N–H and O–H groups in total. The third kappa shape index (κ3) is 2.31. The zero-order valence-electron chi connectivity index (χ0n) is 10.2. The van der Waals surface area contributed by atoms with E-state index < -0.39 is 10.0 Å². The van der Waals surface area contributed by atoms with Crippen LogP contribution in [0.2, 0.25) is 0 Å². The second-order valence-corrected chi connectivity index (χ2v) is 6.35. The van der Waals surface area contributed by atoms with Crippen molar-refractivity contribution in [2.75, 3.05) is 18.1 Å². The van der Waals surface area contributed by atoms with Crippen LogP contribution < -0.4 is 14.8 Å². The van der Waals surface area contributed by atoms with Crippen molar-refractivity contribution in [3.8, 4) is 5.75 Å². The number of rotatable bonds is 2. The predicted octanol–water partition coefficient (Wildman–Crippen LogP) is 0.469. The molecule has 1 aromatic rings. The highest BCUT2D eigenvalue weighted by atomic mass is 32.2. The fourth-order valence-corrected chi connectivity index (χ4v) is 2.69. The molecule has 0 atom stereocenters. The van der Waals surface area contributed by atoms with E-state index >= 15 is 0 Å². The molecule has 2 aliphatic rings. The standard InChI is InChI=1S/C12H14N2O4S/c13-19(16,17)9-3-4-11-10(7-9)14(5-6-18-11)12(15)8-1-2-8/h3-4,7-8H,1-2,5-6H2,(H2,13,16,17). The van der Waals surface area contributed by atoms with E-state index in [4.69, 9.17) is 9.88 Å². The van der Waals surface area contributed by atoms with Gasteiger partial charge in [0.25, 0.3) is 0 Å². The van der Waals surface area contributed by atoms with Crippen LogP contribution in [0.15, 0.2) is 23.1 Å². The Labute approximate surface area is 111 Å². The van der Waals surface area contributed by atoms with Crippen LogP contribution in [0.25, 0.3) is 0 Å². The summed E-state index contributed by atoms with van der Waals surface area (Å²) in [6.07, 6.45) is 1.81. The molecule has 1 aliphatic carbocycles. The van der Waals surface area contributed by atoms with Crippen LogP contribution in [0.3, 0.4) is 0 Å². The number of anilines is 1. The summed E-state index contributed by atoms with van der Waals surface area (Å²) in [5.41, 5.74) is 0.495. The Morgan fingerprint density at radius 1 is 1.37 bits per heavy atom. The molecule has 7 heteroatoms. The van der Waals surface area contributed by atoms with E-state index in [2.05, 4.69) is 0 Å². The van der Waals surface area contributed by atoms with Crippen LogP contribution in [0.1, 0.15) is 12.8 Å². The first-order chi connectivity index (χ1) is 8.97. The topological polar surface area (TPSA) is 89.7 Å². The highest BCUT2D eigenvalue weighted by Gasteiger charge is 2.36. The van der Waals surface area contributed by atoms with Gasteiger partial charge >= 0.3 is 0 Å². The molecule has 1 fully saturated rings. The Morgan fingerprint density at radius 3 is 2.74 bits per heavy atom. The summed E-state index contributed by atoms with van der Waals surface area (Å²) in [4.78, 5) is 13.8. The van der Waals surface area contributed by atoms with Crippen LogP contribution in [0, 0.1) is 5.92 Å². The van der Waals surface area contributed by atoms with E-state index in [0.717, 1.165) is 12.8 Å². The molecule has 1 amide bonds. The number of amides is 1. The third-order valence-electron chi connectivity index (χ3n) is 3.31. The maximum atomic E-state index is 12.2. The summed E-state index contributed by atoms with van der Waals surface area (Å²) < 4.78 is 28.2. The Bertz CT molecular complexity index is 637. The number of carbonyl (C=O) groups excluding carboxylic acids is 1. The molecule has 1 aliphatic heterocycles. The molecule has 0 aromatic heterocycles. The summed E-state index contributed by atoms with van der Waals surface area (Å²) >= 11 is 0. The molecule has 19 heavy (non-hydrogen) atoms. The monoisotopic (exact) mass is 282 g/mol. The number of carbonyl (C=O) groups is 1. The van der Waals surface area contributed by atoms with Crippen molar-refractivity contribution in [3.05, 3.63) is 18.2 Å². The van der Waals surface area contributed by atoms with Crippen LogP contribution in [0.5, 0.6) is 5.75 Å². The molecule has 102 valence electrons. The quantitative estimate of drug-likeness (QED) is 0.853. The van der Waals surface area contributed by atoms with Gasteiger partial charge in [0.2, 0.25) is 15.9 Å². The van der Waals surface area contributed by atoms with Gasteiger partial charge < -0.3 is 9.64 Å². The van der Waals surface area contributed by atoms with E-state index in [1.165, 1.54) is 12.1 Å². The van der Waals surface area contributed by atoms with Gasteiger partial charge in [-0.25, -0.2) is 13.6 Å². The van der Waals surface area contributed by atoms with Crippen molar-refractivity contribution < 1.29 is 17.9 Å². The lowest BCUT2D eigenvalue weighted by Gasteiger charge is -2.30. The highest BCUT2D eigenvalue weighted by molar-refractivity contribution is 7.89. The van der Waals surface area contributed by atoms with Gasteiger partial charge in [-0.1, -0.05) is 0 Å². The van der Waals surface area contributed by atoms with Crippen molar-refractivity contribution >= 4 is 21.6 Å². The van der Waals surface area contributed by atoms with Crippen molar-refractivity contribution in [1.29, 1.82) is 0 Å². The summed E-state index contributed by atoms with van der Waals surface area (Å²) in [6, 6.07) is 4.34. The number of benzene rings is 1. The first-order valence-electron chi connectivity index (χ1n) is 6.08. The van der Waals surface area contributed by atoms with E-state index in [1.807, 2.05) is 0 Å². The highest BCUT2D eigenvalue weighted by Crippen LogP contribution is 2.38. The van der Waals surface area contributed by atoms with Crippen LogP contribution in [-0.4, -0.2) is 27.5 Å². The van der Waals surface area contributed by atoms with Crippen molar-refractivity contribution in [2.24, 2.45) is 11.1 Å². The molecule has 1 aromatic carbocycles. The minimum Gasteiger partial charge on any atom is -0.490 e. The zero-order valence-corrected chi connectivity index (χ0v) is 11.0. The number of hydrogen-bond acceptors (Lipinski definition) is 4. The Hall–Kier alpha value is -1.60. The summed E-state index contributed by atoms with van der Waals surface area (Å²) in [7, 11) is -3.78. The average molecular weight is 282 g/mol. The second kappa shape index (κ2) is 4.21. The SMILES string of the molecule is NS(=O)(=O)c1ccc2c(c1)N(C(=O)C1CC1)CCO2. The van der Waals surface area contributed by atoms with E-state index in [0.29, 0.717) is 24.6 Å². The number of fused-ring (bicyclic) bond motifs is 1. The number of sulfonamides is 1. The van der Waals surface area contributed by atoms with Gasteiger partial charge in [-0.05, 0) is 31.0 Å². The van der Waals surface area contributed by atoms with Gasteiger partial charge in [-0.2, -0.15) is 0 Å². The van der Waals surface area contributed by atoms with Crippen LogP contribution in [0.4, 0.5) is 5.69 Å². The number of hydrogen-bond donors (Lipinski definition) is 1. The van der Waals surface area contributed by atoms with Crippen molar-refractivity contribution in [1.82, 2.24) is 0 Å². The lowest BCUT2D eigenvalue weighted by molar-refractivity contribution is -0.120. The number of nitrogens with two attached hydrogens (primary N) is 1. The molecule has 0 unspecified atom stereocenters. The number of ether oxygens (including phenoxy) is 1. The first kappa shape index (κ1) is 12.4. The van der Waals surface area contributed by atoms with Crippen molar-refractivity contribution in [3.63, 3.8) is 0 Å². The van der Waals surface area contributed by atoms with E-state index in [9.17, 15) is 13.2 Å². The molecule has 1 heterocycles. The molecule has 0 saturated heterocycles. The Morgan fingerprint density at radius 2 is 2.11 bits per heavy atom. The van der Waals surface area contributed by atoms with E-state index in [-0.39, 0.29) is 16.7 Å². The smallest absolute Gasteiger partial charge is 0.238 e. The summed E-state index contributed by atoms with van der Waals surface area (Å²) in [6.45, 7) is 0.858. The fourth-order valence-electron chi connectivity index (χ4n) is 2.15. The Balaban J connectivity index is 2.04.